The van der Waals surface area contributed by atoms with Crippen LogP contribution in [0.3, 0.4) is 0 Å². The molecule has 0 aliphatic carbocycles. The maximum absolute atomic E-state index is 11.7. The summed E-state index contributed by atoms with van der Waals surface area (Å²) in [7, 11) is 0. The molecule has 0 atom stereocenters. The molecule has 0 aliphatic rings. The topological polar surface area (TPSA) is 17.1 Å². The number of benzene rings is 2. The molecule has 2 rings (SSSR count). The lowest BCUT2D eigenvalue weighted by Gasteiger charge is -2.07. The van der Waals surface area contributed by atoms with Crippen LogP contribution in [0.1, 0.15) is 10.4 Å². The Morgan fingerprint density at radius 2 is 1.82 bits per heavy atom. The van der Waals surface area contributed by atoms with E-state index in [1.54, 1.807) is 0 Å². The number of hydrogen-bond donors (Lipinski definition) is 0. The van der Waals surface area contributed by atoms with Crippen molar-refractivity contribution in [2.24, 2.45) is 0 Å². The highest BCUT2D eigenvalue weighted by Crippen LogP contribution is 2.26. The second-order valence-corrected chi connectivity index (χ2v) is 5.34. The largest absolute Gasteiger partial charge is 0.293 e. The molecule has 0 saturated heterocycles. The highest BCUT2D eigenvalue weighted by atomic mass is 127. The van der Waals surface area contributed by atoms with Gasteiger partial charge in [0.15, 0.2) is 5.78 Å². The minimum atomic E-state index is 0.110. The fraction of sp³-hybridized carbons (Fsp3) is 0.0714. The van der Waals surface area contributed by atoms with Gasteiger partial charge in [-0.05, 0) is 45.9 Å². The van der Waals surface area contributed by atoms with E-state index in [-0.39, 0.29) is 5.78 Å². The van der Waals surface area contributed by atoms with Gasteiger partial charge in [0, 0.05) is 9.13 Å². The monoisotopic (exact) mass is 400 g/mol. The SMILES string of the molecule is O=C(CBr)c1ccc(I)c(-c2ccccc2)c1. The summed E-state index contributed by atoms with van der Waals surface area (Å²) in [5.41, 5.74) is 3.00. The summed E-state index contributed by atoms with van der Waals surface area (Å²) in [6.07, 6.45) is 0. The number of carbonyl (C=O) groups excluding carboxylic acids is 1. The number of alkyl halides is 1. The van der Waals surface area contributed by atoms with Gasteiger partial charge in [-0.25, -0.2) is 0 Å². The van der Waals surface area contributed by atoms with E-state index in [4.69, 9.17) is 0 Å². The van der Waals surface area contributed by atoms with E-state index in [9.17, 15) is 4.79 Å². The number of rotatable bonds is 3. The van der Waals surface area contributed by atoms with Gasteiger partial charge in [-0.3, -0.25) is 4.79 Å². The third-order valence-corrected chi connectivity index (χ3v) is 3.94. The lowest BCUT2D eigenvalue weighted by molar-refractivity contribution is 0.102. The van der Waals surface area contributed by atoms with Crippen LogP contribution in [0.2, 0.25) is 0 Å². The van der Waals surface area contributed by atoms with E-state index >= 15 is 0 Å². The van der Waals surface area contributed by atoms with Crippen LogP contribution in [-0.2, 0) is 0 Å². The Morgan fingerprint density at radius 1 is 1.12 bits per heavy atom. The third kappa shape index (κ3) is 2.96. The molecule has 0 radical (unpaired) electrons. The van der Waals surface area contributed by atoms with Gasteiger partial charge in [0.2, 0.25) is 0 Å². The molecule has 0 heterocycles. The standard InChI is InChI=1S/C14H10BrIO/c15-9-14(17)11-6-7-13(16)12(8-11)10-4-2-1-3-5-10/h1-8H,9H2. The summed E-state index contributed by atoms with van der Waals surface area (Å²) in [5, 5.41) is 0.363. The number of hydrogen-bond acceptors (Lipinski definition) is 1. The molecule has 0 aliphatic heterocycles. The summed E-state index contributed by atoms with van der Waals surface area (Å²) in [6.45, 7) is 0. The van der Waals surface area contributed by atoms with Crippen LogP contribution in [0.25, 0.3) is 11.1 Å². The molecule has 1 nitrogen and oxygen atoms in total. The summed E-state index contributed by atoms with van der Waals surface area (Å²) >= 11 is 5.49. The number of ketones is 1. The number of Topliss-reactive ketones (excluding diaryl/α,β-unsaturated/α-hetero) is 1. The van der Waals surface area contributed by atoms with Gasteiger partial charge in [-0.2, -0.15) is 0 Å². The zero-order valence-electron chi connectivity index (χ0n) is 8.99. The minimum Gasteiger partial charge on any atom is -0.293 e. The molecule has 0 saturated carbocycles. The Morgan fingerprint density at radius 3 is 2.47 bits per heavy atom. The van der Waals surface area contributed by atoms with Crippen molar-refractivity contribution >= 4 is 44.3 Å². The average molecular weight is 401 g/mol. The van der Waals surface area contributed by atoms with E-state index in [1.165, 1.54) is 0 Å². The van der Waals surface area contributed by atoms with E-state index in [0.717, 1.165) is 20.3 Å². The molecular weight excluding hydrogens is 391 g/mol. The number of halogens is 2. The van der Waals surface area contributed by atoms with Crippen LogP contribution in [0.5, 0.6) is 0 Å². The first-order valence-electron chi connectivity index (χ1n) is 5.16. The lowest BCUT2D eigenvalue weighted by atomic mass is 10.0. The molecule has 86 valence electrons. The van der Waals surface area contributed by atoms with Gasteiger partial charge in [-0.1, -0.05) is 52.3 Å². The smallest absolute Gasteiger partial charge is 0.173 e. The van der Waals surface area contributed by atoms with Gasteiger partial charge < -0.3 is 0 Å². The highest BCUT2D eigenvalue weighted by molar-refractivity contribution is 14.1. The van der Waals surface area contributed by atoms with Crippen LogP contribution in [0.4, 0.5) is 0 Å². The fourth-order valence-electron chi connectivity index (χ4n) is 1.61. The van der Waals surface area contributed by atoms with Crippen molar-refractivity contribution in [2.45, 2.75) is 0 Å². The molecule has 0 fully saturated rings. The van der Waals surface area contributed by atoms with Gasteiger partial charge >= 0.3 is 0 Å². The van der Waals surface area contributed by atoms with Crippen LogP contribution >= 0.6 is 38.5 Å². The Hall–Kier alpha value is -0.680. The Kier molecular flexibility index (Phi) is 4.34. The molecule has 3 heteroatoms. The second-order valence-electron chi connectivity index (χ2n) is 3.62. The summed E-state index contributed by atoms with van der Waals surface area (Å²) in [6, 6.07) is 15.9. The molecule has 0 bridgehead atoms. The maximum Gasteiger partial charge on any atom is 0.173 e. The predicted molar refractivity (Wildman–Crippen MR) is 82.7 cm³/mol. The Labute approximate surface area is 123 Å². The van der Waals surface area contributed by atoms with Gasteiger partial charge in [0.05, 0.1) is 5.33 Å². The van der Waals surface area contributed by atoms with E-state index in [2.05, 4.69) is 50.7 Å². The molecule has 17 heavy (non-hydrogen) atoms. The van der Waals surface area contributed by atoms with Crippen molar-refractivity contribution in [2.75, 3.05) is 5.33 Å². The van der Waals surface area contributed by atoms with Crippen molar-refractivity contribution < 1.29 is 4.79 Å². The van der Waals surface area contributed by atoms with E-state index in [1.807, 2.05) is 36.4 Å². The lowest BCUT2D eigenvalue weighted by Crippen LogP contribution is -2.00. The molecule has 0 amide bonds. The van der Waals surface area contributed by atoms with Crippen molar-refractivity contribution in [1.29, 1.82) is 0 Å². The molecular formula is C14H10BrIO. The zero-order valence-corrected chi connectivity index (χ0v) is 12.7. The van der Waals surface area contributed by atoms with E-state index in [0.29, 0.717) is 5.33 Å². The Bertz CT molecular complexity index is 537. The van der Waals surface area contributed by atoms with Crippen molar-refractivity contribution in [3.63, 3.8) is 0 Å². The van der Waals surface area contributed by atoms with Crippen LogP contribution in [0, 0.1) is 3.57 Å². The molecule has 2 aromatic carbocycles. The average Bonchev–Trinajstić information content (AvgIpc) is 2.39. The summed E-state index contributed by atoms with van der Waals surface area (Å²) in [4.78, 5) is 11.7. The third-order valence-electron chi connectivity index (χ3n) is 2.49. The van der Waals surface area contributed by atoms with Crippen LogP contribution in [0.15, 0.2) is 48.5 Å². The number of carbonyl (C=O) groups is 1. The van der Waals surface area contributed by atoms with Gasteiger partial charge in [-0.15, -0.1) is 0 Å². The molecule has 0 unspecified atom stereocenters. The van der Waals surface area contributed by atoms with Crippen molar-refractivity contribution in [1.82, 2.24) is 0 Å². The normalized spacial score (nSPS) is 10.2. The first kappa shape index (κ1) is 12.8. The second kappa shape index (κ2) is 5.78. The first-order valence-corrected chi connectivity index (χ1v) is 7.36. The van der Waals surface area contributed by atoms with Gasteiger partial charge in [0.25, 0.3) is 0 Å². The van der Waals surface area contributed by atoms with Crippen LogP contribution in [-0.4, -0.2) is 11.1 Å². The predicted octanol–water partition coefficient (Wildman–Crippen LogP) is 4.54. The first-order chi connectivity index (χ1) is 8.22. The fourth-order valence-corrected chi connectivity index (χ4v) is 2.59. The van der Waals surface area contributed by atoms with Crippen molar-refractivity contribution in [3.8, 4) is 11.1 Å². The Balaban J connectivity index is 2.50. The molecule has 0 N–H and O–H groups in total. The van der Waals surface area contributed by atoms with Crippen LogP contribution < -0.4 is 0 Å². The van der Waals surface area contributed by atoms with Crippen molar-refractivity contribution in [3.05, 3.63) is 57.7 Å². The summed E-state index contributed by atoms with van der Waals surface area (Å²) < 4.78 is 1.15. The van der Waals surface area contributed by atoms with Gasteiger partial charge in [0.1, 0.15) is 0 Å². The summed E-state index contributed by atoms with van der Waals surface area (Å²) in [5.74, 6) is 0.110. The molecule has 0 aromatic heterocycles. The maximum atomic E-state index is 11.7. The molecule has 2 aromatic rings. The highest BCUT2D eigenvalue weighted by Gasteiger charge is 2.08. The minimum absolute atomic E-state index is 0.110. The quantitative estimate of drug-likeness (QED) is 0.420. The molecule has 0 spiro atoms. The zero-order chi connectivity index (χ0) is 12.3. The van der Waals surface area contributed by atoms with E-state index < -0.39 is 0 Å².